The minimum Gasteiger partial charge on any atom is -0.271 e. The van der Waals surface area contributed by atoms with Crippen molar-refractivity contribution in [1.82, 2.24) is 15.2 Å². The van der Waals surface area contributed by atoms with Crippen molar-refractivity contribution < 1.29 is 0 Å². The second-order valence-corrected chi connectivity index (χ2v) is 4.82. The summed E-state index contributed by atoms with van der Waals surface area (Å²) in [5, 5.41) is 5.27. The zero-order valence-electron chi connectivity index (χ0n) is 11.2. The third-order valence-electron chi connectivity index (χ3n) is 3.19. The van der Waals surface area contributed by atoms with Crippen molar-refractivity contribution in [3.05, 3.63) is 52.3 Å². The van der Waals surface area contributed by atoms with E-state index in [9.17, 15) is 0 Å². The Morgan fingerprint density at radius 1 is 1.32 bits per heavy atom. The van der Waals surface area contributed by atoms with Crippen molar-refractivity contribution in [1.29, 1.82) is 0 Å². The Kier molecular flexibility index (Phi) is 4.58. The van der Waals surface area contributed by atoms with Crippen LogP contribution in [0, 0.1) is 0 Å². The summed E-state index contributed by atoms with van der Waals surface area (Å²) >= 11 is 5.92. The lowest BCUT2D eigenvalue weighted by atomic mass is 10.0. The van der Waals surface area contributed by atoms with Crippen LogP contribution in [0.2, 0.25) is 5.02 Å². The first kappa shape index (κ1) is 14.1. The molecule has 1 atom stereocenters. The lowest BCUT2D eigenvalue weighted by molar-refractivity contribution is 0.541. The average molecular weight is 279 g/mol. The van der Waals surface area contributed by atoms with Crippen LogP contribution in [0.4, 0.5) is 0 Å². The van der Waals surface area contributed by atoms with E-state index in [2.05, 4.69) is 30.4 Å². The van der Waals surface area contributed by atoms with Crippen LogP contribution in [0.15, 0.2) is 30.3 Å². The fraction of sp³-hybridized carbons (Fsp3) is 0.357. The molecular weight excluding hydrogens is 260 g/mol. The number of hydrogen-bond donors (Lipinski definition) is 2. The van der Waals surface area contributed by atoms with Gasteiger partial charge in [0.15, 0.2) is 0 Å². The SMILES string of the molecule is CCc1cc(C(NN)c2ccc(Cl)cc2)n(CC)n1. The van der Waals surface area contributed by atoms with Gasteiger partial charge in [0, 0.05) is 11.6 Å². The van der Waals surface area contributed by atoms with Crippen molar-refractivity contribution in [2.75, 3.05) is 0 Å². The molecule has 0 aliphatic carbocycles. The molecule has 4 nitrogen and oxygen atoms in total. The van der Waals surface area contributed by atoms with Crippen molar-refractivity contribution in [3.63, 3.8) is 0 Å². The highest BCUT2D eigenvalue weighted by atomic mass is 35.5. The number of hydrogen-bond acceptors (Lipinski definition) is 3. The number of hydrazine groups is 1. The second-order valence-electron chi connectivity index (χ2n) is 4.38. The Balaban J connectivity index is 2.41. The third kappa shape index (κ3) is 2.97. The van der Waals surface area contributed by atoms with Gasteiger partial charge < -0.3 is 0 Å². The molecule has 0 fully saturated rings. The summed E-state index contributed by atoms with van der Waals surface area (Å²) in [4.78, 5) is 0. The maximum Gasteiger partial charge on any atom is 0.0878 e. The number of rotatable bonds is 5. The fourth-order valence-electron chi connectivity index (χ4n) is 2.15. The molecule has 1 unspecified atom stereocenters. The zero-order valence-corrected chi connectivity index (χ0v) is 12.0. The Bertz CT molecular complexity index is 533. The highest BCUT2D eigenvalue weighted by molar-refractivity contribution is 6.30. The number of aromatic nitrogens is 2. The first-order chi connectivity index (χ1) is 9.19. The van der Waals surface area contributed by atoms with Crippen molar-refractivity contribution in [3.8, 4) is 0 Å². The molecule has 2 aromatic rings. The summed E-state index contributed by atoms with van der Waals surface area (Å²) in [5.74, 6) is 5.73. The Morgan fingerprint density at radius 2 is 2.00 bits per heavy atom. The molecule has 1 heterocycles. The van der Waals surface area contributed by atoms with Crippen LogP contribution in [0.5, 0.6) is 0 Å². The molecule has 0 saturated carbocycles. The first-order valence-electron chi connectivity index (χ1n) is 6.47. The van der Waals surface area contributed by atoms with Gasteiger partial charge in [0.05, 0.1) is 17.4 Å². The van der Waals surface area contributed by atoms with Crippen LogP contribution in [-0.4, -0.2) is 9.78 Å². The van der Waals surface area contributed by atoms with Crippen LogP contribution in [0.3, 0.4) is 0 Å². The van der Waals surface area contributed by atoms with Crippen molar-refractivity contribution in [2.45, 2.75) is 32.9 Å². The van der Waals surface area contributed by atoms with E-state index < -0.39 is 0 Å². The maximum absolute atomic E-state index is 5.92. The van der Waals surface area contributed by atoms with E-state index in [1.807, 2.05) is 28.9 Å². The number of nitrogens with zero attached hydrogens (tertiary/aromatic N) is 2. The summed E-state index contributed by atoms with van der Waals surface area (Å²) in [5.41, 5.74) is 6.08. The van der Waals surface area contributed by atoms with Gasteiger partial charge in [-0.05, 0) is 37.1 Å². The van der Waals surface area contributed by atoms with Crippen LogP contribution in [0.1, 0.15) is 36.8 Å². The molecule has 0 aliphatic heterocycles. The average Bonchev–Trinajstić information content (AvgIpc) is 2.85. The van der Waals surface area contributed by atoms with E-state index in [0.29, 0.717) is 0 Å². The molecule has 1 aromatic carbocycles. The van der Waals surface area contributed by atoms with Gasteiger partial charge >= 0.3 is 0 Å². The standard InChI is InChI=1S/C14H19ClN4/c1-3-12-9-13(19(4-2)18-12)14(17-16)10-5-7-11(15)8-6-10/h5-9,14,17H,3-4,16H2,1-2H3. The first-order valence-corrected chi connectivity index (χ1v) is 6.85. The third-order valence-corrected chi connectivity index (χ3v) is 3.44. The monoisotopic (exact) mass is 278 g/mol. The number of nitrogens with one attached hydrogen (secondary N) is 1. The van der Waals surface area contributed by atoms with Gasteiger partial charge in [0.25, 0.3) is 0 Å². The lowest BCUT2D eigenvalue weighted by Crippen LogP contribution is -2.30. The van der Waals surface area contributed by atoms with E-state index in [-0.39, 0.29) is 6.04 Å². The minimum absolute atomic E-state index is 0.0787. The van der Waals surface area contributed by atoms with Crippen molar-refractivity contribution >= 4 is 11.6 Å². The molecule has 19 heavy (non-hydrogen) atoms. The summed E-state index contributed by atoms with van der Waals surface area (Å²) in [7, 11) is 0. The molecule has 0 aliphatic rings. The highest BCUT2D eigenvalue weighted by Crippen LogP contribution is 2.24. The predicted octanol–water partition coefficient (Wildman–Crippen LogP) is 2.67. The van der Waals surface area contributed by atoms with Gasteiger partial charge in [0.2, 0.25) is 0 Å². The summed E-state index contributed by atoms with van der Waals surface area (Å²) < 4.78 is 1.98. The maximum atomic E-state index is 5.92. The fourth-order valence-corrected chi connectivity index (χ4v) is 2.28. The van der Waals surface area contributed by atoms with E-state index >= 15 is 0 Å². The van der Waals surface area contributed by atoms with Crippen LogP contribution in [-0.2, 0) is 13.0 Å². The van der Waals surface area contributed by atoms with Crippen LogP contribution in [0.25, 0.3) is 0 Å². The molecule has 0 saturated heterocycles. The Labute approximate surface area is 118 Å². The predicted molar refractivity (Wildman–Crippen MR) is 77.9 cm³/mol. The normalized spacial score (nSPS) is 12.6. The number of nitrogens with two attached hydrogens (primary N) is 1. The van der Waals surface area contributed by atoms with Crippen molar-refractivity contribution in [2.24, 2.45) is 5.84 Å². The molecule has 102 valence electrons. The van der Waals surface area contributed by atoms with Gasteiger partial charge in [-0.25, -0.2) is 5.43 Å². The number of benzene rings is 1. The summed E-state index contributed by atoms with van der Waals surface area (Å²) in [6, 6.07) is 9.72. The van der Waals surface area contributed by atoms with Gasteiger partial charge in [-0.15, -0.1) is 0 Å². The molecule has 5 heteroatoms. The van der Waals surface area contributed by atoms with Crippen LogP contribution >= 0.6 is 11.6 Å². The number of aryl methyl sites for hydroxylation is 2. The molecule has 2 rings (SSSR count). The molecule has 0 bridgehead atoms. The van der Waals surface area contributed by atoms with E-state index in [1.165, 1.54) is 0 Å². The summed E-state index contributed by atoms with van der Waals surface area (Å²) in [6.45, 7) is 4.99. The highest BCUT2D eigenvalue weighted by Gasteiger charge is 2.18. The molecule has 3 N–H and O–H groups in total. The van der Waals surface area contributed by atoms with Gasteiger partial charge in [0.1, 0.15) is 0 Å². The largest absolute Gasteiger partial charge is 0.271 e. The quantitative estimate of drug-likeness (QED) is 0.653. The minimum atomic E-state index is -0.0787. The van der Waals surface area contributed by atoms with Gasteiger partial charge in [-0.3, -0.25) is 10.5 Å². The van der Waals surface area contributed by atoms with Crippen LogP contribution < -0.4 is 11.3 Å². The lowest BCUT2D eigenvalue weighted by Gasteiger charge is -2.17. The Morgan fingerprint density at radius 3 is 2.53 bits per heavy atom. The molecular formula is C14H19ClN4. The molecule has 0 radical (unpaired) electrons. The summed E-state index contributed by atoms with van der Waals surface area (Å²) in [6.07, 6.45) is 0.915. The Hall–Kier alpha value is -1.36. The zero-order chi connectivity index (χ0) is 13.8. The number of halogens is 1. The second kappa shape index (κ2) is 6.19. The molecule has 1 aromatic heterocycles. The van der Waals surface area contributed by atoms with E-state index in [0.717, 1.165) is 34.9 Å². The van der Waals surface area contributed by atoms with E-state index in [4.69, 9.17) is 17.4 Å². The smallest absolute Gasteiger partial charge is 0.0878 e. The molecule has 0 spiro atoms. The van der Waals surface area contributed by atoms with Gasteiger partial charge in [-0.2, -0.15) is 5.10 Å². The van der Waals surface area contributed by atoms with E-state index in [1.54, 1.807) is 0 Å². The molecule has 0 amide bonds. The van der Waals surface area contributed by atoms with Gasteiger partial charge in [-0.1, -0.05) is 30.7 Å². The topological polar surface area (TPSA) is 55.9 Å².